The topological polar surface area (TPSA) is 147 Å². The van der Waals surface area contributed by atoms with Crippen LogP contribution in [0.15, 0.2) is 30.9 Å². The molecule has 2 aromatic heterocycles. The molecule has 1 aliphatic carbocycles. The lowest BCUT2D eigenvalue weighted by Gasteiger charge is -2.20. The summed E-state index contributed by atoms with van der Waals surface area (Å²) in [7, 11) is 0. The van der Waals surface area contributed by atoms with Gasteiger partial charge >= 0.3 is 0 Å². The van der Waals surface area contributed by atoms with E-state index in [0.717, 1.165) is 25.5 Å². The predicted molar refractivity (Wildman–Crippen MR) is 117 cm³/mol. The summed E-state index contributed by atoms with van der Waals surface area (Å²) in [4.78, 5) is 15.8. The van der Waals surface area contributed by atoms with E-state index in [9.17, 15) is 10.4 Å². The van der Waals surface area contributed by atoms with Gasteiger partial charge < -0.3 is 26.2 Å². The maximum atomic E-state index is 9.92. The molecule has 9 heteroatoms. The maximum absolute atomic E-state index is 9.92. The third-order valence-corrected chi connectivity index (χ3v) is 5.88. The molecule has 3 heterocycles. The van der Waals surface area contributed by atoms with E-state index in [-0.39, 0.29) is 12.2 Å². The number of hydrogen-bond acceptors (Lipinski definition) is 9. The standard InChI is InChI=1S/C22H27N7O2/c1-22(2,30)12-31-14-3-15(21(28-7-14)13(4-23)5-24)19-8-27-20(9-26-19)29-10-17-16(6-25)18(17)11-29/h3-4,7-9,16-18,30H,6,10-12,23,25H2,1-2H3/t16?,17-,18+. The van der Waals surface area contributed by atoms with E-state index in [1.165, 1.54) is 12.4 Å². The molecule has 0 radical (unpaired) electrons. The molecule has 1 saturated heterocycles. The second-order valence-electron chi connectivity index (χ2n) is 8.75. The van der Waals surface area contributed by atoms with Gasteiger partial charge in [-0.3, -0.25) is 9.97 Å². The van der Waals surface area contributed by atoms with Gasteiger partial charge in [-0.2, -0.15) is 5.26 Å². The zero-order valence-corrected chi connectivity index (χ0v) is 17.7. The number of nitriles is 1. The Morgan fingerprint density at radius 1 is 1.29 bits per heavy atom. The summed E-state index contributed by atoms with van der Waals surface area (Å²) in [6.07, 6.45) is 6.13. The molecule has 162 valence electrons. The summed E-state index contributed by atoms with van der Waals surface area (Å²) >= 11 is 0. The quantitative estimate of drug-likeness (QED) is 0.560. The molecular formula is C22H27N7O2. The highest BCUT2D eigenvalue weighted by molar-refractivity contribution is 5.84. The van der Waals surface area contributed by atoms with Crippen molar-refractivity contribution in [2.24, 2.45) is 29.2 Å². The number of hydrogen-bond donors (Lipinski definition) is 3. The number of ether oxygens (including phenoxy) is 1. The largest absolute Gasteiger partial charge is 0.489 e. The molecular weight excluding hydrogens is 394 g/mol. The Morgan fingerprint density at radius 3 is 2.58 bits per heavy atom. The van der Waals surface area contributed by atoms with Crippen LogP contribution in [0.2, 0.25) is 0 Å². The van der Waals surface area contributed by atoms with Crippen molar-refractivity contribution in [3.8, 4) is 23.1 Å². The van der Waals surface area contributed by atoms with E-state index in [1.807, 2.05) is 0 Å². The van der Waals surface area contributed by atoms with Gasteiger partial charge in [-0.1, -0.05) is 0 Å². The molecule has 2 aliphatic rings. The second kappa shape index (κ2) is 8.13. The van der Waals surface area contributed by atoms with Crippen molar-refractivity contribution in [2.45, 2.75) is 19.4 Å². The van der Waals surface area contributed by atoms with E-state index in [2.05, 4.69) is 25.9 Å². The Morgan fingerprint density at radius 2 is 2.03 bits per heavy atom. The number of pyridine rings is 1. The lowest BCUT2D eigenvalue weighted by atomic mass is 10.0. The van der Waals surface area contributed by atoms with Crippen LogP contribution in [-0.2, 0) is 0 Å². The van der Waals surface area contributed by atoms with E-state index in [4.69, 9.17) is 16.2 Å². The predicted octanol–water partition coefficient (Wildman–Crippen LogP) is 1.15. The molecule has 31 heavy (non-hydrogen) atoms. The molecule has 0 aromatic carbocycles. The number of nitrogens with zero attached hydrogens (tertiary/aromatic N) is 5. The Hall–Kier alpha value is -3.22. The minimum absolute atomic E-state index is 0.0943. The lowest BCUT2D eigenvalue weighted by molar-refractivity contribution is 0.0284. The first kappa shape index (κ1) is 21.0. The van der Waals surface area contributed by atoms with Crippen molar-refractivity contribution in [1.29, 1.82) is 5.26 Å². The molecule has 1 aliphatic heterocycles. The van der Waals surface area contributed by atoms with Gasteiger partial charge in [0.15, 0.2) is 0 Å². The number of nitrogens with two attached hydrogens (primary N) is 2. The first-order chi connectivity index (χ1) is 14.8. The summed E-state index contributed by atoms with van der Waals surface area (Å²) in [5.41, 5.74) is 12.2. The van der Waals surface area contributed by atoms with Crippen LogP contribution in [0, 0.1) is 29.1 Å². The van der Waals surface area contributed by atoms with Gasteiger partial charge in [-0.25, -0.2) is 4.98 Å². The Bertz CT molecular complexity index is 1010. The van der Waals surface area contributed by atoms with E-state index < -0.39 is 5.60 Å². The molecule has 4 rings (SSSR count). The van der Waals surface area contributed by atoms with Crippen LogP contribution in [-0.4, -0.2) is 51.9 Å². The third kappa shape index (κ3) is 4.31. The minimum atomic E-state index is -0.991. The number of aliphatic hydroxyl groups is 1. The van der Waals surface area contributed by atoms with Crippen LogP contribution < -0.4 is 21.1 Å². The summed E-state index contributed by atoms with van der Waals surface area (Å²) < 4.78 is 5.66. The summed E-state index contributed by atoms with van der Waals surface area (Å²) in [6.45, 7) is 6.08. The van der Waals surface area contributed by atoms with Crippen molar-refractivity contribution in [1.82, 2.24) is 15.0 Å². The summed E-state index contributed by atoms with van der Waals surface area (Å²) in [5.74, 6) is 3.26. The monoisotopic (exact) mass is 421 g/mol. The third-order valence-electron chi connectivity index (χ3n) is 5.88. The highest BCUT2D eigenvalue weighted by atomic mass is 16.5. The van der Waals surface area contributed by atoms with Gasteiger partial charge in [-0.05, 0) is 44.2 Å². The van der Waals surface area contributed by atoms with Crippen molar-refractivity contribution in [3.05, 3.63) is 36.6 Å². The van der Waals surface area contributed by atoms with Gasteiger partial charge in [0.2, 0.25) is 0 Å². The molecule has 1 saturated carbocycles. The summed E-state index contributed by atoms with van der Waals surface area (Å²) in [6, 6.07) is 3.79. The van der Waals surface area contributed by atoms with Crippen LogP contribution in [0.3, 0.4) is 0 Å². The van der Waals surface area contributed by atoms with E-state index in [0.29, 0.717) is 40.5 Å². The lowest BCUT2D eigenvalue weighted by Crippen LogP contribution is -2.27. The molecule has 1 unspecified atom stereocenters. The maximum Gasteiger partial charge on any atom is 0.147 e. The minimum Gasteiger partial charge on any atom is -0.489 e. The molecule has 0 amide bonds. The highest BCUT2D eigenvalue weighted by Crippen LogP contribution is 2.51. The number of aromatic nitrogens is 3. The van der Waals surface area contributed by atoms with Gasteiger partial charge in [0.1, 0.15) is 24.2 Å². The van der Waals surface area contributed by atoms with E-state index >= 15 is 0 Å². The van der Waals surface area contributed by atoms with E-state index in [1.54, 1.807) is 32.3 Å². The molecule has 9 nitrogen and oxygen atoms in total. The smallest absolute Gasteiger partial charge is 0.147 e. The Labute approximate surface area is 181 Å². The normalized spacial score (nSPS) is 22.7. The van der Waals surface area contributed by atoms with Gasteiger partial charge in [0, 0.05) is 24.9 Å². The SMILES string of the molecule is CC(C)(O)COc1cnc(C(C#N)=CN)c(-c2cnc(N3C[C@@H]4C(CN)[C@@H]4C3)cn2)c1. The Balaban J connectivity index is 1.60. The molecule has 2 fully saturated rings. The van der Waals surface area contributed by atoms with Crippen LogP contribution >= 0.6 is 0 Å². The molecule has 0 spiro atoms. The van der Waals surface area contributed by atoms with Crippen LogP contribution in [0.25, 0.3) is 16.8 Å². The van der Waals surface area contributed by atoms with Crippen LogP contribution in [0.5, 0.6) is 5.75 Å². The number of anilines is 1. The number of piperidine rings is 1. The number of allylic oxidation sites excluding steroid dienone is 1. The fraction of sp³-hybridized carbons (Fsp3) is 0.455. The molecule has 2 aromatic rings. The molecule has 0 bridgehead atoms. The first-order valence-electron chi connectivity index (χ1n) is 10.3. The number of fused-ring (bicyclic) bond motifs is 1. The van der Waals surface area contributed by atoms with Crippen molar-refractivity contribution < 1.29 is 9.84 Å². The fourth-order valence-corrected chi connectivity index (χ4v) is 4.17. The van der Waals surface area contributed by atoms with Crippen LogP contribution in [0.4, 0.5) is 5.82 Å². The van der Waals surface area contributed by atoms with Crippen molar-refractivity contribution in [3.63, 3.8) is 0 Å². The highest BCUT2D eigenvalue weighted by Gasteiger charge is 2.54. The first-order valence-corrected chi connectivity index (χ1v) is 10.3. The van der Waals surface area contributed by atoms with Crippen molar-refractivity contribution in [2.75, 3.05) is 31.1 Å². The average Bonchev–Trinajstić information content (AvgIpc) is 3.23. The van der Waals surface area contributed by atoms with Gasteiger partial charge in [0.25, 0.3) is 0 Å². The summed E-state index contributed by atoms with van der Waals surface area (Å²) in [5, 5.41) is 19.4. The average molecular weight is 422 g/mol. The second-order valence-corrected chi connectivity index (χ2v) is 8.75. The number of rotatable bonds is 7. The molecule has 5 N–H and O–H groups in total. The molecule has 3 atom stereocenters. The zero-order valence-electron chi connectivity index (χ0n) is 17.7. The van der Waals surface area contributed by atoms with Gasteiger partial charge in [-0.15, -0.1) is 0 Å². The fourth-order valence-electron chi connectivity index (χ4n) is 4.17. The van der Waals surface area contributed by atoms with Crippen molar-refractivity contribution >= 4 is 11.4 Å². The Kier molecular flexibility index (Phi) is 5.52. The van der Waals surface area contributed by atoms with Gasteiger partial charge in [0.05, 0.1) is 41.2 Å². The zero-order chi connectivity index (χ0) is 22.2. The van der Waals surface area contributed by atoms with Crippen LogP contribution in [0.1, 0.15) is 19.5 Å².